The summed E-state index contributed by atoms with van der Waals surface area (Å²) in [6.07, 6.45) is 1.27. The molecule has 5 nitrogen and oxygen atoms in total. The van der Waals surface area contributed by atoms with Crippen molar-refractivity contribution in [2.75, 3.05) is 20.8 Å². The topological polar surface area (TPSA) is 51.7 Å². The Hall–Kier alpha value is -2.08. The zero-order chi connectivity index (χ0) is 17.3. The number of carbonyl (C=O) groups is 1. The molecule has 1 amide bonds. The average molecular weight is 346 g/mol. The molecule has 2 aromatic rings. The molecular weight excluding hydrogens is 324 g/mol. The number of rotatable bonds is 4. The van der Waals surface area contributed by atoms with Gasteiger partial charge in [-0.2, -0.15) is 0 Å². The molecule has 6 heteroatoms. The van der Waals surface area contributed by atoms with Gasteiger partial charge < -0.3 is 14.4 Å². The molecule has 0 bridgehead atoms. The van der Waals surface area contributed by atoms with Gasteiger partial charge in [0, 0.05) is 18.0 Å². The van der Waals surface area contributed by atoms with Crippen LogP contribution in [0, 0.1) is 13.8 Å². The fourth-order valence-corrected chi connectivity index (χ4v) is 4.01. The van der Waals surface area contributed by atoms with E-state index >= 15 is 0 Å². The smallest absolute Gasteiger partial charge is 0.228 e. The molecule has 0 N–H and O–H groups in total. The van der Waals surface area contributed by atoms with Crippen LogP contribution in [0.4, 0.5) is 0 Å². The van der Waals surface area contributed by atoms with E-state index < -0.39 is 0 Å². The summed E-state index contributed by atoms with van der Waals surface area (Å²) in [6, 6.07) is 4.00. The summed E-state index contributed by atoms with van der Waals surface area (Å²) in [5, 5.41) is 1.01. The van der Waals surface area contributed by atoms with Crippen molar-refractivity contribution in [2.45, 2.75) is 33.2 Å². The Bertz CT molecular complexity index is 770. The Morgan fingerprint density at radius 1 is 1.21 bits per heavy atom. The summed E-state index contributed by atoms with van der Waals surface area (Å²) in [7, 11) is 3.27. The van der Waals surface area contributed by atoms with E-state index in [2.05, 4.69) is 4.98 Å². The van der Waals surface area contributed by atoms with Crippen molar-refractivity contribution in [3.05, 3.63) is 38.8 Å². The lowest BCUT2D eigenvalue weighted by Gasteiger charge is -2.29. The molecule has 128 valence electrons. The van der Waals surface area contributed by atoms with E-state index in [0.29, 0.717) is 18.7 Å². The van der Waals surface area contributed by atoms with E-state index in [1.165, 1.54) is 5.56 Å². The monoisotopic (exact) mass is 346 g/mol. The third-order valence-corrected chi connectivity index (χ3v) is 5.45. The largest absolute Gasteiger partial charge is 0.493 e. The molecule has 1 aromatic heterocycles. The molecular formula is C18H22N2O3S. The van der Waals surface area contributed by atoms with Crippen LogP contribution in [0.15, 0.2) is 12.1 Å². The van der Waals surface area contributed by atoms with Crippen LogP contribution in [0.25, 0.3) is 0 Å². The molecule has 0 spiro atoms. The maximum Gasteiger partial charge on any atom is 0.228 e. The Labute approximate surface area is 146 Å². The maximum absolute atomic E-state index is 12.7. The molecule has 3 rings (SSSR count). The summed E-state index contributed by atoms with van der Waals surface area (Å²) in [4.78, 5) is 20.1. The van der Waals surface area contributed by atoms with Crippen molar-refractivity contribution in [1.82, 2.24) is 9.88 Å². The van der Waals surface area contributed by atoms with Crippen LogP contribution in [-0.2, 0) is 24.2 Å². The Balaban J connectivity index is 1.76. The van der Waals surface area contributed by atoms with Crippen LogP contribution in [0.2, 0.25) is 0 Å². The van der Waals surface area contributed by atoms with Gasteiger partial charge in [0.2, 0.25) is 5.91 Å². The molecule has 1 aliphatic heterocycles. The highest BCUT2D eigenvalue weighted by Gasteiger charge is 2.23. The van der Waals surface area contributed by atoms with Gasteiger partial charge in [-0.3, -0.25) is 4.79 Å². The lowest BCUT2D eigenvalue weighted by atomic mass is 9.98. The zero-order valence-corrected chi connectivity index (χ0v) is 15.3. The normalized spacial score (nSPS) is 13.6. The summed E-state index contributed by atoms with van der Waals surface area (Å²) < 4.78 is 10.7. The molecule has 0 saturated carbocycles. The molecule has 24 heavy (non-hydrogen) atoms. The first kappa shape index (κ1) is 16.8. The number of methoxy groups -OCH3 is 2. The van der Waals surface area contributed by atoms with Crippen LogP contribution in [0.1, 0.15) is 26.7 Å². The highest BCUT2D eigenvalue weighted by Crippen LogP contribution is 2.33. The van der Waals surface area contributed by atoms with Crippen LogP contribution < -0.4 is 9.47 Å². The van der Waals surface area contributed by atoms with Gasteiger partial charge in [-0.05, 0) is 43.5 Å². The number of hydrogen-bond donors (Lipinski definition) is 0. The molecule has 0 atom stereocenters. The second-order valence-electron chi connectivity index (χ2n) is 5.96. The third kappa shape index (κ3) is 3.24. The summed E-state index contributed by atoms with van der Waals surface area (Å²) >= 11 is 1.61. The predicted octanol–water partition coefficient (Wildman–Crippen LogP) is 2.90. The number of hydrogen-bond acceptors (Lipinski definition) is 5. The van der Waals surface area contributed by atoms with Crippen molar-refractivity contribution in [2.24, 2.45) is 0 Å². The first-order valence-electron chi connectivity index (χ1n) is 7.96. The average Bonchev–Trinajstić information content (AvgIpc) is 2.90. The van der Waals surface area contributed by atoms with Gasteiger partial charge in [0.25, 0.3) is 0 Å². The van der Waals surface area contributed by atoms with Gasteiger partial charge >= 0.3 is 0 Å². The van der Waals surface area contributed by atoms with E-state index in [9.17, 15) is 4.79 Å². The van der Waals surface area contributed by atoms with E-state index in [0.717, 1.165) is 39.9 Å². The van der Waals surface area contributed by atoms with E-state index in [4.69, 9.17) is 9.47 Å². The lowest BCUT2D eigenvalue weighted by Crippen LogP contribution is -2.36. The van der Waals surface area contributed by atoms with Gasteiger partial charge in [-0.1, -0.05) is 0 Å². The summed E-state index contributed by atoms with van der Waals surface area (Å²) in [5.41, 5.74) is 3.32. The highest BCUT2D eigenvalue weighted by atomic mass is 32.1. The third-order valence-electron chi connectivity index (χ3n) is 4.38. The number of amides is 1. The lowest BCUT2D eigenvalue weighted by molar-refractivity contribution is -0.131. The molecule has 1 aromatic carbocycles. The molecule has 0 aliphatic carbocycles. The van der Waals surface area contributed by atoms with Crippen LogP contribution in [-0.4, -0.2) is 36.6 Å². The number of nitrogens with zero attached hydrogens (tertiary/aromatic N) is 2. The van der Waals surface area contributed by atoms with Gasteiger partial charge in [0.1, 0.15) is 0 Å². The predicted molar refractivity (Wildman–Crippen MR) is 94.0 cm³/mol. The molecule has 0 fully saturated rings. The number of ether oxygens (including phenoxy) is 2. The summed E-state index contributed by atoms with van der Waals surface area (Å²) in [6.45, 7) is 5.29. The van der Waals surface area contributed by atoms with Gasteiger partial charge in [-0.15, -0.1) is 11.3 Å². The van der Waals surface area contributed by atoms with Crippen LogP contribution in [0.3, 0.4) is 0 Å². The number of thiazole rings is 1. The SMILES string of the molecule is COc1cc2c(cc1OC)CN(C(=O)Cc1sc(C)nc1C)CC2. The summed E-state index contributed by atoms with van der Waals surface area (Å²) in [5.74, 6) is 1.61. The number of fused-ring (bicyclic) bond motifs is 1. The Morgan fingerprint density at radius 2 is 1.88 bits per heavy atom. The fraction of sp³-hybridized carbons (Fsp3) is 0.444. The van der Waals surface area contributed by atoms with Gasteiger partial charge in [0.15, 0.2) is 11.5 Å². The number of carbonyl (C=O) groups excluding carboxylic acids is 1. The van der Waals surface area contributed by atoms with Crippen molar-refractivity contribution >= 4 is 17.2 Å². The van der Waals surface area contributed by atoms with Crippen molar-refractivity contribution in [3.8, 4) is 11.5 Å². The second kappa shape index (κ2) is 6.81. The quantitative estimate of drug-likeness (QED) is 0.854. The fourth-order valence-electron chi connectivity index (χ4n) is 3.08. The van der Waals surface area contributed by atoms with E-state index in [-0.39, 0.29) is 5.91 Å². The minimum Gasteiger partial charge on any atom is -0.493 e. The van der Waals surface area contributed by atoms with E-state index in [1.54, 1.807) is 25.6 Å². The second-order valence-corrected chi connectivity index (χ2v) is 7.25. The Kier molecular flexibility index (Phi) is 4.76. The first-order chi connectivity index (χ1) is 11.5. The Morgan fingerprint density at radius 3 is 2.46 bits per heavy atom. The number of aromatic nitrogens is 1. The number of benzene rings is 1. The van der Waals surface area contributed by atoms with Gasteiger partial charge in [0.05, 0.1) is 31.3 Å². The van der Waals surface area contributed by atoms with Crippen molar-refractivity contribution < 1.29 is 14.3 Å². The maximum atomic E-state index is 12.7. The number of aryl methyl sites for hydroxylation is 2. The minimum atomic E-state index is 0.155. The van der Waals surface area contributed by atoms with Crippen LogP contribution >= 0.6 is 11.3 Å². The van der Waals surface area contributed by atoms with Crippen LogP contribution in [0.5, 0.6) is 11.5 Å². The molecule has 2 heterocycles. The zero-order valence-electron chi connectivity index (χ0n) is 14.5. The molecule has 1 aliphatic rings. The van der Waals surface area contributed by atoms with E-state index in [1.807, 2.05) is 30.9 Å². The van der Waals surface area contributed by atoms with Crippen molar-refractivity contribution in [3.63, 3.8) is 0 Å². The highest BCUT2D eigenvalue weighted by molar-refractivity contribution is 7.11. The van der Waals surface area contributed by atoms with Gasteiger partial charge in [-0.25, -0.2) is 4.98 Å². The molecule has 0 saturated heterocycles. The molecule has 0 unspecified atom stereocenters. The standard InChI is InChI=1S/C18H22N2O3S/c1-11-17(24-12(2)19-11)9-18(21)20-6-5-13-7-15(22-3)16(23-4)8-14(13)10-20/h7-8H,5-6,9-10H2,1-4H3. The molecule has 0 radical (unpaired) electrons. The minimum absolute atomic E-state index is 0.155. The van der Waals surface area contributed by atoms with Crippen molar-refractivity contribution in [1.29, 1.82) is 0 Å². The first-order valence-corrected chi connectivity index (χ1v) is 8.78.